The molecule has 2 rings (SSSR count). The van der Waals surface area contributed by atoms with Gasteiger partial charge >= 0.3 is 5.97 Å². The van der Waals surface area contributed by atoms with Gasteiger partial charge in [0.05, 0.1) is 23.5 Å². The number of ether oxygens (including phenoxy) is 1. The van der Waals surface area contributed by atoms with Gasteiger partial charge in [0, 0.05) is 12.8 Å². The van der Waals surface area contributed by atoms with Crippen molar-refractivity contribution < 1.29 is 14.1 Å². The molecule has 0 spiro atoms. The van der Waals surface area contributed by atoms with E-state index in [9.17, 15) is 4.79 Å². The van der Waals surface area contributed by atoms with Crippen molar-refractivity contribution in [3.63, 3.8) is 0 Å². The summed E-state index contributed by atoms with van der Waals surface area (Å²) >= 11 is 6.03. The van der Waals surface area contributed by atoms with Gasteiger partial charge in [-0.15, -0.1) is 0 Å². The minimum absolute atomic E-state index is 0.236. The molecule has 0 atom stereocenters. The molecule has 0 aliphatic heterocycles. The van der Waals surface area contributed by atoms with Gasteiger partial charge < -0.3 is 15.0 Å². The number of nitrogens with two attached hydrogens (primary N) is 1. The lowest BCUT2D eigenvalue weighted by atomic mass is 10.2. The summed E-state index contributed by atoms with van der Waals surface area (Å²) in [6, 6.07) is 1.57. The quantitative estimate of drug-likeness (QED) is 0.816. The third-order valence-electron chi connectivity index (χ3n) is 2.62. The van der Waals surface area contributed by atoms with Crippen molar-refractivity contribution in [2.24, 2.45) is 0 Å². The van der Waals surface area contributed by atoms with Gasteiger partial charge in [-0.2, -0.15) is 4.98 Å². The molecular weight excluding hydrogens is 296 g/mol. The molecule has 2 aromatic heterocycles. The molecular formula is C13H15ClN4O3. The summed E-state index contributed by atoms with van der Waals surface area (Å²) in [5, 5.41) is 4.18. The smallest absolute Gasteiger partial charge is 0.305 e. The lowest BCUT2D eigenvalue weighted by Crippen LogP contribution is -2.04. The highest BCUT2D eigenvalue weighted by molar-refractivity contribution is 6.33. The third-order valence-corrected chi connectivity index (χ3v) is 2.91. The summed E-state index contributed by atoms with van der Waals surface area (Å²) in [6.07, 6.45) is 2.84. The molecule has 2 aromatic rings. The van der Waals surface area contributed by atoms with Crippen LogP contribution in [0.15, 0.2) is 16.8 Å². The van der Waals surface area contributed by atoms with Crippen molar-refractivity contribution >= 4 is 23.3 Å². The summed E-state index contributed by atoms with van der Waals surface area (Å²) in [7, 11) is 0. The van der Waals surface area contributed by atoms with Crippen LogP contribution in [0.5, 0.6) is 0 Å². The highest BCUT2D eigenvalue weighted by Gasteiger charge is 2.14. The number of aromatic nitrogens is 3. The zero-order valence-electron chi connectivity index (χ0n) is 11.5. The Morgan fingerprint density at radius 1 is 1.52 bits per heavy atom. The molecule has 0 fully saturated rings. The Labute approximate surface area is 126 Å². The number of rotatable bonds is 6. The molecule has 21 heavy (non-hydrogen) atoms. The van der Waals surface area contributed by atoms with Gasteiger partial charge in [-0.1, -0.05) is 16.8 Å². The molecule has 0 aliphatic carbocycles. The largest absolute Gasteiger partial charge is 0.466 e. The Bertz CT molecular complexity index is 630. The van der Waals surface area contributed by atoms with Crippen molar-refractivity contribution in [1.29, 1.82) is 0 Å². The van der Waals surface area contributed by atoms with Crippen LogP contribution < -0.4 is 5.73 Å². The number of anilines is 1. The van der Waals surface area contributed by atoms with Crippen LogP contribution in [0.25, 0.3) is 11.5 Å². The average Bonchev–Trinajstić information content (AvgIpc) is 2.87. The minimum atomic E-state index is -0.236. The first-order valence-electron chi connectivity index (χ1n) is 6.49. The van der Waals surface area contributed by atoms with Crippen molar-refractivity contribution in [1.82, 2.24) is 15.1 Å². The van der Waals surface area contributed by atoms with Crippen LogP contribution in [0.1, 0.15) is 25.7 Å². The summed E-state index contributed by atoms with van der Waals surface area (Å²) in [6.45, 7) is 2.15. The Balaban J connectivity index is 1.96. The van der Waals surface area contributed by atoms with E-state index in [0.29, 0.717) is 54.0 Å². The van der Waals surface area contributed by atoms with Gasteiger partial charge in [-0.3, -0.25) is 4.79 Å². The van der Waals surface area contributed by atoms with Crippen molar-refractivity contribution in [3.05, 3.63) is 23.2 Å². The fourth-order valence-electron chi connectivity index (χ4n) is 1.69. The van der Waals surface area contributed by atoms with Crippen LogP contribution >= 0.6 is 11.6 Å². The number of carbonyl (C=O) groups excluding carboxylic acids is 1. The van der Waals surface area contributed by atoms with Crippen LogP contribution in [-0.2, 0) is 16.0 Å². The predicted octanol–water partition coefficient (Wildman–Crippen LogP) is 2.25. The molecule has 112 valence electrons. The monoisotopic (exact) mass is 310 g/mol. The highest BCUT2D eigenvalue weighted by Crippen LogP contribution is 2.24. The van der Waals surface area contributed by atoms with Gasteiger partial charge in [0.15, 0.2) is 0 Å². The zero-order valence-corrected chi connectivity index (χ0v) is 12.3. The fraction of sp³-hybridized carbons (Fsp3) is 0.385. The van der Waals surface area contributed by atoms with E-state index in [1.807, 2.05) is 0 Å². The number of pyridine rings is 1. The van der Waals surface area contributed by atoms with Crippen LogP contribution in [0, 0.1) is 0 Å². The second-order valence-corrected chi connectivity index (χ2v) is 4.68. The Morgan fingerprint density at radius 3 is 3.05 bits per heavy atom. The van der Waals surface area contributed by atoms with Crippen LogP contribution in [0.2, 0.25) is 5.02 Å². The summed E-state index contributed by atoms with van der Waals surface area (Å²) in [5.41, 5.74) is 6.44. The first-order chi connectivity index (χ1) is 10.1. The molecule has 0 saturated carbocycles. The van der Waals surface area contributed by atoms with E-state index in [1.165, 1.54) is 6.20 Å². The number of carbonyl (C=O) groups is 1. The molecule has 2 N–H and O–H groups in total. The topological polar surface area (TPSA) is 104 Å². The molecule has 2 heterocycles. The highest BCUT2D eigenvalue weighted by atomic mass is 35.5. The molecule has 0 aliphatic rings. The fourth-order valence-corrected chi connectivity index (χ4v) is 1.95. The normalized spacial score (nSPS) is 10.6. The number of nitrogens with zero attached hydrogens (tertiary/aromatic N) is 3. The molecule has 0 unspecified atom stereocenters. The van der Waals surface area contributed by atoms with Gasteiger partial charge in [0.2, 0.25) is 11.7 Å². The lowest BCUT2D eigenvalue weighted by Gasteiger charge is -1.99. The molecule has 0 aromatic carbocycles. The average molecular weight is 311 g/mol. The van der Waals surface area contributed by atoms with E-state index in [1.54, 1.807) is 13.0 Å². The SMILES string of the molecule is CCOC(=O)CCCc1nc(-c2ncc(N)cc2Cl)no1. The summed E-state index contributed by atoms with van der Waals surface area (Å²) in [4.78, 5) is 19.5. The molecule has 7 nitrogen and oxygen atoms in total. The van der Waals surface area contributed by atoms with E-state index in [-0.39, 0.29) is 5.97 Å². The number of aryl methyl sites for hydroxylation is 1. The van der Waals surface area contributed by atoms with Crippen molar-refractivity contribution in [2.75, 3.05) is 12.3 Å². The number of hydrogen-bond acceptors (Lipinski definition) is 7. The molecule has 0 bridgehead atoms. The number of hydrogen-bond donors (Lipinski definition) is 1. The molecule has 0 radical (unpaired) electrons. The van der Waals surface area contributed by atoms with Crippen LogP contribution in [0.3, 0.4) is 0 Å². The van der Waals surface area contributed by atoms with E-state index in [4.69, 9.17) is 26.6 Å². The minimum Gasteiger partial charge on any atom is -0.466 e. The van der Waals surface area contributed by atoms with Crippen molar-refractivity contribution in [2.45, 2.75) is 26.2 Å². The van der Waals surface area contributed by atoms with Crippen LogP contribution in [0.4, 0.5) is 5.69 Å². The van der Waals surface area contributed by atoms with E-state index >= 15 is 0 Å². The Hall–Kier alpha value is -2.15. The number of esters is 1. The molecule has 0 saturated heterocycles. The third kappa shape index (κ3) is 4.16. The maximum atomic E-state index is 11.2. The molecule has 0 amide bonds. The van der Waals surface area contributed by atoms with E-state index < -0.39 is 0 Å². The Morgan fingerprint density at radius 2 is 2.33 bits per heavy atom. The number of nitrogen functional groups attached to an aromatic ring is 1. The second kappa shape index (κ2) is 7.03. The standard InChI is InChI=1S/C13H15ClN4O3/c1-2-20-11(19)5-3-4-10-17-13(18-21-10)12-9(14)6-8(15)7-16-12/h6-7H,2-5,15H2,1H3. The van der Waals surface area contributed by atoms with E-state index in [2.05, 4.69) is 15.1 Å². The van der Waals surface area contributed by atoms with Gasteiger partial charge in [0.1, 0.15) is 5.69 Å². The maximum absolute atomic E-state index is 11.2. The first kappa shape index (κ1) is 15.2. The second-order valence-electron chi connectivity index (χ2n) is 4.27. The lowest BCUT2D eigenvalue weighted by molar-refractivity contribution is -0.143. The predicted molar refractivity (Wildman–Crippen MR) is 76.5 cm³/mol. The van der Waals surface area contributed by atoms with Crippen LogP contribution in [-0.4, -0.2) is 27.7 Å². The van der Waals surface area contributed by atoms with Gasteiger partial charge in [-0.25, -0.2) is 4.98 Å². The van der Waals surface area contributed by atoms with Gasteiger partial charge in [0.25, 0.3) is 0 Å². The van der Waals surface area contributed by atoms with Crippen molar-refractivity contribution in [3.8, 4) is 11.5 Å². The molecule has 8 heteroatoms. The maximum Gasteiger partial charge on any atom is 0.305 e. The van der Waals surface area contributed by atoms with Gasteiger partial charge in [-0.05, 0) is 19.4 Å². The number of halogens is 1. The zero-order chi connectivity index (χ0) is 15.2. The summed E-state index contributed by atoms with van der Waals surface area (Å²) < 4.78 is 9.94. The first-order valence-corrected chi connectivity index (χ1v) is 6.87. The van der Waals surface area contributed by atoms with E-state index in [0.717, 1.165) is 0 Å². The summed E-state index contributed by atoms with van der Waals surface area (Å²) in [5.74, 6) is 0.482. The Kier molecular flexibility index (Phi) is 5.10.